The van der Waals surface area contributed by atoms with Crippen LogP contribution in [0, 0.1) is 5.82 Å². The highest BCUT2D eigenvalue weighted by atomic mass is 19.1. The summed E-state index contributed by atoms with van der Waals surface area (Å²) in [5, 5.41) is 0.614. The molecular formula is C16H18FNO2. The predicted octanol–water partition coefficient (Wildman–Crippen LogP) is 3.81. The van der Waals surface area contributed by atoms with E-state index in [9.17, 15) is 9.18 Å². The molecule has 3 nitrogen and oxygen atoms in total. The molecule has 1 aromatic carbocycles. The van der Waals surface area contributed by atoms with Crippen molar-refractivity contribution in [3.63, 3.8) is 0 Å². The van der Waals surface area contributed by atoms with Crippen LogP contribution in [-0.2, 0) is 0 Å². The normalized spacial score (nSPS) is 18.3. The molecule has 1 saturated carbocycles. The molecule has 0 atom stereocenters. The molecule has 1 aromatic heterocycles. The van der Waals surface area contributed by atoms with Crippen molar-refractivity contribution in [2.45, 2.75) is 44.1 Å². The van der Waals surface area contributed by atoms with Crippen LogP contribution in [0.15, 0.2) is 28.7 Å². The number of ketones is 1. The van der Waals surface area contributed by atoms with Crippen molar-refractivity contribution in [1.29, 1.82) is 0 Å². The maximum Gasteiger partial charge on any atom is 0.199 e. The lowest BCUT2D eigenvalue weighted by Gasteiger charge is -2.32. The molecule has 2 aromatic rings. The molecule has 1 aliphatic carbocycles. The monoisotopic (exact) mass is 275 g/mol. The first-order valence-electron chi connectivity index (χ1n) is 7.07. The Balaban J connectivity index is 1.81. The van der Waals surface area contributed by atoms with E-state index in [4.69, 9.17) is 10.2 Å². The molecule has 3 rings (SSSR count). The van der Waals surface area contributed by atoms with Crippen molar-refractivity contribution in [2.75, 3.05) is 0 Å². The zero-order valence-corrected chi connectivity index (χ0v) is 11.3. The van der Waals surface area contributed by atoms with Crippen molar-refractivity contribution < 1.29 is 13.6 Å². The van der Waals surface area contributed by atoms with Crippen molar-refractivity contribution in [3.05, 3.63) is 35.8 Å². The summed E-state index contributed by atoms with van der Waals surface area (Å²) in [5.41, 5.74) is 6.42. The summed E-state index contributed by atoms with van der Waals surface area (Å²) in [6.07, 6.45) is 5.41. The molecule has 106 valence electrons. The smallest absolute Gasteiger partial charge is 0.199 e. The highest BCUT2D eigenvalue weighted by Gasteiger charge is 2.31. The van der Waals surface area contributed by atoms with Crippen LogP contribution in [-0.4, -0.2) is 11.3 Å². The van der Waals surface area contributed by atoms with Gasteiger partial charge in [0.05, 0.1) is 0 Å². The lowest BCUT2D eigenvalue weighted by Crippen LogP contribution is -2.43. The van der Waals surface area contributed by atoms with Crippen LogP contribution >= 0.6 is 0 Å². The highest BCUT2D eigenvalue weighted by Crippen LogP contribution is 2.30. The minimum atomic E-state index is -0.403. The minimum absolute atomic E-state index is 0.0917. The van der Waals surface area contributed by atoms with Crippen LogP contribution in [0.1, 0.15) is 49.1 Å². The molecule has 0 aliphatic heterocycles. The van der Waals surface area contributed by atoms with E-state index >= 15 is 0 Å². The van der Waals surface area contributed by atoms with Crippen LogP contribution < -0.4 is 5.73 Å². The molecular weight excluding hydrogens is 257 g/mol. The van der Waals surface area contributed by atoms with Gasteiger partial charge in [-0.05, 0) is 37.1 Å². The summed E-state index contributed by atoms with van der Waals surface area (Å²) in [5.74, 6) is -0.146. The molecule has 2 N–H and O–H groups in total. The quantitative estimate of drug-likeness (QED) is 0.867. The third-order valence-corrected chi connectivity index (χ3v) is 4.12. The molecule has 1 aliphatic rings. The molecule has 0 spiro atoms. The van der Waals surface area contributed by atoms with Gasteiger partial charge < -0.3 is 10.2 Å². The van der Waals surface area contributed by atoms with E-state index in [1.165, 1.54) is 18.6 Å². The molecule has 0 unspecified atom stereocenters. The minimum Gasteiger partial charge on any atom is -0.453 e. The van der Waals surface area contributed by atoms with Gasteiger partial charge in [0.15, 0.2) is 11.5 Å². The van der Waals surface area contributed by atoms with Crippen molar-refractivity contribution in [2.24, 2.45) is 5.73 Å². The van der Waals surface area contributed by atoms with Crippen LogP contribution in [0.2, 0.25) is 0 Å². The first-order valence-corrected chi connectivity index (χ1v) is 7.07. The summed E-state index contributed by atoms with van der Waals surface area (Å²) in [6, 6.07) is 5.84. The Kier molecular flexibility index (Phi) is 3.34. The Labute approximate surface area is 116 Å². The van der Waals surface area contributed by atoms with Gasteiger partial charge in [0.2, 0.25) is 0 Å². The van der Waals surface area contributed by atoms with E-state index in [2.05, 4.69) is 0 Å². The van der Waals surface area contributed by atoms with Gasteiger partial charge >= 0.3 is 0 Å². The van der Waals surface area contributed by atoms with E-state index in [1.54, 1.807) is 12.1 Å². The Morgan fingerprint density at radius 2 is 2.00 bits per heavy atom. The van der Waals surface area contributed by atoms with E-state index in [-0.39, 0.29) is 17.4 Å². The first kappa shape index (κ1) is 13.3. The van der Waals surface area contributed by atoms with Crippen LogP contribution in [0.4, 0.5) is 4.39 Å². The van der Waals surface area contributed by atoms with Gasteiger partial charge in [-0.1, -0.05) is 19.3 Å². The fourth-order valence-electron chi connectivity index (χ4n) is 2.99. The zero-order chi connectivity index (χ0) is 14.2. The molecule has 0 radical (unpaired) electrons. The number of carbonyl (C=O) groups is 1. The number of halogens is 1. The van der Waals surface area contributed by atoms with Gasteiger partial charge in [-0.2, -0.15) is 0 Å². The van der Waals surface area contributed by atoms with Gasteiger partial charge in [-0.3, -0.25) is 4.79 Å². The summed E-state index contributed by atoms with van der Waals surface area (Å²) >= 11 is 0. The number of benzene rings is 1. The number of fused-ring (bicyclic) bond motifs is 1. The van der Waals surface area contributed by atoms with E-state index in [0.717, 1.165) is 25.7 Å². The fourth-order valence-corrected chi connectivity index (χ4v) is 2.99. The standard InChI is InChI=1S/C16H18FNO2/c17-12-4-5-14-11(8-12)9-15(20-14)13(19)10-16(18)6-2-1-3-7-16/h4-5,8-9H,1-3,6-7,10,18H2. The van der Waals surface area contributed by atoms with E-state index < -0.39 is 5.54 Å². The number of hydrogen-bond donors (Lipinski definition) is 1. The Morgan fingerprint density at radius 1 is 1.25 bits per heavy atom. The number of rotatable bonds is 3. The third kappa shape index (κ3) is 2.61. The van der Waals surface area contributed by atoms with Crippen LogP contribution in [0.25, 0.3) is 11.0 Å². The average molecular weight is 275 g/mol. The van der Waals surface area contributed by atoms with E-state index in [1.807, 2.05) is 0 Å². The van der Waals surface area contributed by atoms with Gasteiger partial charge in [0, 0.05) is 17.3 Å². The molecule has 0 bridgehead atoms. The summed E-state index contributed by atoms with van der Waals surface area (Å²) in [4.78, 5) is 12.3. The number of hydrogen-bond acceptors (Lipinski definition) is 3. The largest absolute Gasteiger partial charge is 0.453 e. The van der Waals surface area contributed by atoms with Crippen molar-refractivity contribution in [1.82, 2.24) is 0 Å². The molecule has 4 heteroatoms. The van der Waals surface area contributed by atoms with Crippen molar-refractivity contribution >= 4 is 16.8 Å². The Morgan fingerprint density at radius 3 is 2.75 bits per heavy atom. The number of furan rings is 1. The van der Waals surface area contributed by atoms with Gasteiger partial charge in [-0.15, -0.1) is 0 Å². The maximum atomic E-state index is 13.1. The summed E-state index contributed by atoms with van der Waals surface area (Å²) in [7, 11) is 0. The predicted molar refractivity (Wildman–Crippen MR) is 75.1 cm³/mol. The highest BCUT2D eigenvalue weighted by molar-refractivity contribution is 5.98. The van der Waals surface area contributed by atoms with Gasteiger partial charge in [0.1, 0.15) is 11.4 Å². The lowest BCUT2D eigenvalue weighted by molar-refractivity contribution is 0.0909. The first-order chi connectivity index (χ1) is 9.56. The Hall–Kier alpha value is -1.68. The summed E-state index contributed by atoms with van der Waals surface area (Å²) in [6.45, 7) is 0. The fraction of sp³-hybridized carbons (Fsp3) is 0.438. The average Bonchev–Trinajstić information content (AvgIpc) is 2.82. The lowest BCUT2D eigenvalue weighted by atomic mass is 9.79. The van der Waals surface area contributed by atoms with Crippen molar-refractivity contribution in [3.8, 4) is 0 Å². The van der Waals surface area contributed by atoms with E-state index in [0.29, 0.717) is 17.4 Å². The molecule has 1 heterocycles. The Bertz CT molecular complexity index is 641. The zero-order valence-electron chi connectivity index (χ0n) is 11.3. The van der Waals surface area contributed by atoms with Gasteiger partial charge in [-0.25, -0.2) is 4.39 Å². The summed E-state index contributed by atoms with van der Waals surface area (Å²) < 4.78 is 18.6. The molecule has 0 saturated heterocycles. The SMILES string of the molecule is NC1(CC(=O)c2cc3cc(F)ccc3o2)CCCCC1. The number of Topliss-reactive ketones (excluding diaryl/α,β-unsaturated/α-hetero) is 1. The topological polar surface area (TPSA) is 56.2 Å². The maximum absolute atomic E-state index is 13.1. The second-order valence-corrected chi connectivity index (χ2v) is 5.82. The second kappa shape index (κ2) is 5.02. The molecule has 0 amide bonds. The number of nitrogens with two attached hydrogens (primary N) is 1. The van der Waals surface area contributed by atoms with Crippen LogP contribution in [0.5, 0.6) is 0 Å². The third-order valence-electron chi connectivity index (χ3n) is 4.12. The molecule has 1 fully saturated rings. The number of carbonyl (C=O) groups excluding carboxylic acids is 1. The van der Waals surface area contributed by atoms with Gasteiger partial charge in [0.25, 0.3) is 0 Å². The van der Waals surface area contributed by atoms with Crippen LogP contribution in [0.3, 0.4) is 0 Å². The second-order valence-electron chi connectivity index (χ2n) is 5.82. The molecule has 20 heavy (non-hydrogen) atoms.